The molecule has 1 amide bonds. The van der Waals surface area contributed by atoms with Crippen LogP contribution in [0.25, 0.3) is 0 Å². The number of nitrogens with zero attached hydrogens (tertiary/aromatic N) is 3. The van der Waals surface area contributed by atoms with E-state index in [1.165, 1.54) is 29.3 Å². The van der Waals surface area contributed by atoms with Gasteiger partial charge in [-0.15, -0.1) is 0 Å². The molecule has 0 bridgehead atoms. The molecule has 1 saturated heterocycles. The number of anilines is 2. The maximum absolute atomic E-state index is 13.2. The number of carbonyl (C=O) groups excluding carboxylic acids is 1. The van der Waals surface area contributed by atoms with Crippen LogP contribution in [0.2, 0.25) is 0 Å². The standard InChI is InChI=1S/C21H25F3N4O3S/c1-2-3-14-32(30,31)26-16-8-9-19(25-15-16)27-10-12-28(13-11-27)20(29)17-6-4-5-7-18(17)21(22,23)24/h4-9,15,26H,2-3,10-14H2,1H3. The van der Waals surface area contributed by atoms with Gasteiger partial charge in [-0.1, -0.05) is 25.5 Å². The van der Waals surface area contributed by atoms with Crippen molar-refractivity contribution in [2.24, 2.45) is 0 Å². The number of hydrogen-bond donors (Lipinski definition) is 1. The second kappa shape index (κ2) is 9.76. The number of amides is 1. The fraction of sp³-hybridized carbons (Fsp3) is 0.429. The summed E-state index contributed by atoms with van der Waals surface area (Å²) < 4.78 is 66.1. The minimum absolute atomic E-state index is 0.0404. The Balaban J connectivity index is 1.61. The van der Waals surface area contributed by atoms with Crippen molar-refractivity contribution in [1.29, 1.82) is 0 Å². The van der Waals surface area contributed by atoms with Crippen molar-refractivity contribution < 1.29 is 26.4 Å². The summed E-state index contributed by atoms with van der Waals surface area (Å²) in [6, 6.07) is 8.07. The molecule has 3 rings (SSSR count). The largest absolute Gasteiger partial charge is 0.417 e. The zero-order chi connectivity index (χ0) is 23.4. The normalized spacial score (nSPS) is 15.0. The van der Waals surface area contributed by atoms with Crippen LogP contribution in [0.4, 0.5) is 24.7 Å². The molecule has 1 fully saturated rings. The Hall–Kier alpha value is -2.82. The summed E-state index contributed by atoms with van der Waals surface area (Å²) in [6.45, 7) is 3.20. The molecule has 11 heteroatoms. The molecule has 0 spiro atoms. The van der Waals surface area contributed by atoms with E-state index in [-0.39, 0.29) is 24.4 Å². The van der Waals surface area contributed by atoms with E-state index in [0.717, 1.165) is 12.5 Å². The van der Waals surface area contributed by atoms with Crippen LogP contribution >= 0.6 is 0 Å². The van der Waals surface area contributed by atoms with E-state index >= 15 is 0 Å². The monoisotopic (exact) mass is 470 g/mol. The number of sulfonamides is 1. The first-order valence-corrected chi connectivity index (χ1v) is 11.9. The molecule has 1 N–H and O–H groups in total. The van der Waals surface area contributed by atoms with Gasteiger partial charge in [0, 0.05) is 26.2 Å². The fourth-order valence-corrected chi connectivity index (χ4v) is 4.67. The highest BCUT2D eigenvalue weighted by atomic mass is 32.2. The van der Waals surface area contributed by atoms with Gasteiger partial charge < -0.3 is 9.80 Å². The van der Waals surface area contributed by atoms with E-state index in [1.807, 2.05) is 11.8 Å². The molecular formula is C21H25F3N4O3S. The summed E-state index contributed by atoms with van der Waals surface area (Å²) in [4.78, 5) is 20.3. The lowest BCUT2D eigenvalue weighted by molar-refractivity contribution is -0.138. The van der Waals surface area contributed by atoms with E-state index in [1.54, 1.807) is 12.1 Å². The number of carbonyl (C=O) groups is 1. The Labute approximate surface area is 185 Å². The zero-order valence-corrected chi connectivity index (χ0v) is 18.4. The molecule has 32 heavy (non-hydrogen) atoms. The lowest BCUT2D eigenvalue weighted by Crippen LogP contribution is -2.49. The van der Waals surface area contributed by atoms with Crippen molar-refractivity contribution in [2.45, 2.75) is 25.9 Å². The molecule has 1 aromatic carbocycles. The maximum atomic E-state index is 13.2. The summed E-state index contributed by atoms with van der Waals surface area (Å²) in [5.41, 5.74) is -0.931. The first-order valence-electron chi connectivity index (χ1n) is 10.3. The van der Waals surface area contributed by atoms with Crippen molar-refractivity contribution in [3.63, 3.8) is 0 Å². The van der Waals surface area contributed by atoms with E-state index < -0.39 is 27.7 Å². The second-order valence-electron chi connectivity index (χ2n) is 7.50. The zero-order valence-electron chi connectivity index (χ0n) is 17.6. The highest BCUT2D eigenvalue weighted by Crippen LogP contribution is 2.32. The molecule has 0 radical (unpaired) electrons. The van der Waals surface area contributed by atoms with Crippen molar-refractivity contribution in [3.8, 4) is 0 Å². The minimum atomic E-state index is -4.60. The van der Waals surface area contributed by atoms with Crippen LogP contribution in [0, 0.1) is 0 Å². The Kier molecular flexibility index (Phi) is 7.27. The lowest BCUT2D eigenvalue weighted by atomic mass is 10.1. The molecule has 1 aliphatic rings. The first kappa shape index (κ1) is 23.8. The topological polar surface area (TPSA) is 82.6 Å². The van der Waals surface area contributed by atoms with E-state index in [0.29, 0.717) is 31.0 Å². The average molecular weight is 471 g/mol. The Morgan fingerprint density at radius 1 is 1.09 bits per heavy atom. The van der Waals surface area contributed by atoms with Crippen LogP contribution < -0.4 is 9.62 Å². The Morgan fingerprint density at radius 3 is 2.38 bits per heavy atom. The van der Waals surface area contributed by atoms with Crippen LogP contribution in [-0.2, 0) is 16.2 Å². The molecule has 1 aromatic heterocycles. The number of alkyl halides is 3. The van der Waals surface area contributed by atoms with Gasteiger partial charge in [0.25, 0.3) is 5.91 Å². The van der Waals surface area contributed by atoms with Crippen LogP contribution in [-0.4, -0.2) is 56.1 Å². The number of unbranched alkanes of at least 4 members (excludes halogenated alkanes) is 1. The van der Waals surface area contributed by atoms with Crippen LogP contribution in [0.15, 0.2) is 42.6 Å². The fourth-order valence-electron chi connectivity index (χ4n) is 3.42. The summed E-state index contributed by atoms with van der Waals surface area (Å²) >= 11 is 0. The molecule has 2 heterocycles. The highest BCUT2D eigenvalue weighted by molar-refractivity contribution is 7.92. The quantitative estimate of drug-likeness (QED) is 0.669. The predicted octanol–water partition coefficient (Wildman–Crippen LogP) is 3.60. The second-order valence-corrected chi connectivity index (χ2v) is 9.34. The molecule has 0 unspecified atom stereocenters. The van der Waals surface area contributed by atoms with E-state index in [9.17, 15) is 26.4 Å². The average Bonchev–Trinajstić information content (AvgIpc) is 2.77. The minimum Gasteiger partial charge on any atom is -0.353 e. The number of nitrogens with one attached hydrogen (secondary N) is 1. The van der Waals surface area contributed by atoms with Crippen LogP contribution in [0.1, 0.15) is 35.7 Å². The summed E-state index contributed by atoms with van der Waals surface area (Å²) in [5.74, 6) is -0.00900. The highest BCUT2D eigenvalue weighted by Gasteiger charge is 2.36. The molecule has 0 aliphatic carbocycles. The molecule has 174 valence electrons. The van der Waals surface area contributed by atoms with Gasteiger partial charge in [-0.2, -0.15) is 13.2 Å². The van der Waals surface area contributed by atoms with E-state index in [2.05, 4.69) is 9.71 Å². The van der Waals surface area contributed by atoms with Crippen molar-refractivity contribution in [2.75, 3.05) is 41.6 Å². The number of aromatic nitrogens is 1. The van der Waals surface area contributed by atoms with Gasteiger partial charge in [0.15, 0.2) is 0 Å². The number of hydrogen-bond acceptors (Lipinski definition) is 5. The van der Waals surface area contributed by atoms with Crippen LogP contribution in [0.5, 0.6) is 0 Å². The number of rotatable bonds is 7. The SMILES string of the molecule is CCCCS(=O)(=O)Nc1ccc(N2CCN(C(=O)c3ccccc3C(F)(F)F)CC2)nc1. The number of halogens is 3. The number of benzene rings is 1. The van der Waals surface area contributed by atoms with Gasteiger partial charge in [0.1, 0.15) is 5.82 Å². The Morgan fingerprint density at radius 2 is 1.78 bits per heavy atom. The molecule has 0 atom stereocenters. The molecular weight excluding hydrogens is 445 g/mol. The van der Waals surface area contributed by atoms with Crippen LogP contribution in [0.3, 0.4) is 0 Å². The smallest absolute Gasteiger partial charge is 0.353 e. The first-order chi connectivity index (χ1) is 15.1. The van der Waals surface area contributed by atoms with Gasteiger partial charge in [-0.3, -0.25) is 9.52 Å². The molecule has 2 aromatic rings. The molecule has 7 nitrogen and oxygen atoms in total. The van der Waals surface area contributed by atoms with Gasteiger partial charge in [0.2, 0.25) is 10.0 Å². The summed E-state index contributed by atoms with van der Waals surface area (Å²) in [5, 5.41) is 0. The van der Waals surface area contributed by atoms with Gasteiger partial charge >= 0.3 is 6.18 Å². The van der Waals surface area contributed by atoms with Gasteiger partial charge in [-0.05, 0) is 30.7 Å². The van der Waals surface area contributed by atoms with Gasteiger partial charge in [-0.25, -0.2) is 13.4 Å². The third-order valence-electron chi connectivity index (χ3n) is 5.14. The third kappa shape index (κ3) is 5.90. The lowest BCUT2D eigenvalue weighted by Gasteiger charge is -2.35. The molecule has 1 aliphatic heterocycles. The van der Waals surface area contributed by atoms with Crippen molar-refractivity contribution in [1.82, 2.24) is 9.88 Å². The number of piperazine rings is 1. The van der Waals surface area contributed by atoms with Crippen molar-refractivity contribution in [3.05, 3.63) is 53.7 Å². The Bertz CT molecular complexity index is 1040. The molecule has 0 saturated carbocycles. The van der Waals surface area contributed by atoms with Crippen molar-refractivity contribution >= 4 is 27.4 Å². The third-order valence-corrected chi connectivity index (χ3v) is 6.51. The number of pyridine rings is 1. The summed E-state index contributed by atoms with van der Waals surface area (Å²) in [7, 11) is -3.42. The predicted molar refractivity (Wildman–Crippen MR) is 116 cm³/mol. The van der Waals surface area contributed by atoms with E-state index in [4.69, 9.17) is 0 Å². The maximum Gasteiger partial charge on any atom is 0.417 e. The summed E-state index contributed by atoms with van der Waals surface area (Å²) in [6.07, 6.45) is -1.83. The van der Waals surface area contributed by atoms with Gasteiger partial charge in [0.05, 0.1) is 28.8 Å².